The van der Waals surface area contributed by atoms with E-state index in [1.807, 2.05) is 0 Å². The van der Waals surface area contributed by atoms with Gasteiger partial charge in [-0.15, -0.1) is 6.58 Å². The Morgan fingerprint density at radius 3 is 2.60 bits per heavy atom. The fraction of sp³-hybridized carbons (Fsp3) is 0.143. The lowest BCUT2D eigenvalue weighted by Gasteiger charge is -1.92. The average molecular weight is 136 g/mol. The van der Waals surface area contributed by atoms with Crippen LogP contribution in [0.3, 0.4) is 0 Å². The van der Waals surface area contributed by atoms with Crippen molar-refractivity contribution >= 4 is 0 Å². The van der Waals surface area contributed by atoms with Gasteiger partial charge in [0.15, 0.2) is 0 Å². The summed E-state index contributed by atoms with van der Waals surface area (Å²) in [7, 11) is 0. The molecule has 1 heterocycles. The molecule has 0 saturated heterocycles. The van der Waals surface area contributed by atoms with E-state index < -0.39 is 0 Å². The quantitative estimate of drug-likeness (QED) is 0.614. The first-order valence-electron chi connectivity index (χ1n) is 2.93. The minimum absolute atomic E-state index is 0.187. The molecule has 1 aromatic rings. The number of aromatic nitrogens is 2. The summed E-state index contributed by atoms with van der Waals surface area (Å²) in [6, 6.07) is -0.187. The van der Waals surface area contributed by atoms with E-state index in [-0.39, 0.29) is 6.01 Å². The van der Waals surface area contributed by atoms with Gasteiger partial charge in [0, 0.05) is 12.4 Å². The van der Waals surface area contributed by atoms with Gasteiger partial charge in [0.2, 0.25) is 0 Å². The standard InChI is InChI=1S/C7H8N2O/c1-2-3-6-4-8-7(10)9-5-6/h2,4-5H,1,3H2,(H,8,9,10). The van der Waals surface area contributed by atoms with Crippen LogP contribution in [0.15, 0.2) is 25.0 Å². The molecule has 10 heavy (non-hydrogen) atoms. The van der Waals surface area contributed by atoms with Crippen LogP contribution in [0.25, 0.3) is 0 Å². The fourth-order valence-electron chi connectivity index (χ4n) is 0.620. The largest absolute Gasteiger partial charge is 0.479 e. The molecule has 0 spiro atoms. The van der Waals surface area contributed by atoms with Gasteiger partial charge in [-0.1, -0.05) is 6.08 Å². The van der Waals surface area contributed by atoms with E-state index in [0.29, 0.717) is 0 Å². The van der Waals surface area contributed by atoms with E-state index in [2.05, 4.69) is 16.5 Å². The second-order valence-electron chi connectivity index (χ2n) is 1.88. The molecule has 0 amide bonds. The normalized spacial score (nSPS) is 9.20. The summed E-state index contributed by atoms with van der Waals surface area (Å²) >= 11 is 0. The topological polar surface area (TPSA) is 46.0 Å². The first-order valence-corrected chi connectivity index (χ1v) is 2.93. The third kappa shape index (κ3) is 1.55. The molecule has 1 N–H and O–H groups in total. The van der Waals surface area contributed by atoms with Crippen LogP contribution in [-0.4, -0.2) is 15.1 Å². The van der Waals surface area contributed by atoms with Crippen LogP contribution in [0.2, 0.25) is 0 Å². The molecule has 0 fully saturated rings. The fourth-order valence-corrected chi connectivity index (χ4v) is 0.620. The molecule has 52 valence electrons. The second kappa shape index (κ2) is 2.96. The van der Waals surface area contributed by atoms with E-state index in [0.717, 1.165) is 12.0 Å². The van der Waals surface area contributed by atoms with Crippen LogP contribution in [0, 0.1) is 0 Å². The SMILES string of the molecule is C=CCc1cnc(O)nc1. The monoisotopic (exact) mass is 136 g/mol. The van der Waals surface area contributed by atoms with Gasteiger partial charge in [0.05, 0.1) is 0 Å². The highest BCUT2D eigenvalue weighted by Gasteiger charge is 1.90. The van der Waals surface area contributed by atoms with Crippen molar-refractivity contribution in [2.75, 3.05) is 0 Å². The highest BCUT2D eigenvalue weighted by molar-refractivity contribution is 5.09. The molecule has 0 aromatic carbocycles. The summed E-state index contributed by atoms with van der Waals surface area (Å²) in [5.74, 6) is 0. The lowest BCUT2D eigenvalue weighted by Crippen LogP contribution is -1.85. The molecular formula is C7H8N2O. The Kier molecular flexibility index (Phi) is 1.99. The first kappa shape index (κ1) is 6.74. The summed E-state index contributed by atoms with van der Waals surface area (Å²) in [5.41, 5.74) is 0.952. The molecule has 1 aromatic heterocycles. The van der Waals surface area contributed by atoms with Crippen LogP contribution < -0.4 is 0 Å². The zero-order valence-corrected chi connectivity index (χ0v) is 5.49. The van der Waals surface area contributed by atoms with E-state index in [1.54, 1.807) is 18.5 Å². The number of hydrogen-bond donors (Lipinski definition) is 1. The number of rotatable bonds is 2. The predicted molar refractivity (Wildman–Crippen MR) is 37.6 cm³/mol. The van der Waals surface area contributed by atoms with Gasteiger partial charge in [0.1, 0.15) is 0 Å². The van der Waals surface area contributed by atoms with Crippen molar-refractivity contribution in [3.05, 3.63) is 30.6 Å². The number of hydrogen-bond acceptors (Lipinski definition) is 3. The highest BCUT2D eigenvalue weighted by atomic mass is 16.3. The summed E-state index contributed by atoms with van der Waals surface area (Å²) in [6.45, 7) is 3.56. The Labute approximate surface area is 59.1 Å². The summed E-state index contributed by atoms with van der Waals surface area (Å²) in [6.07, 6.45) is 5.64. The molecule has 0 saturated carbocycles. The van der Waals surface area contributed by atoms with Crippen molar-refractivity contribution in [3.63, 3.8) is 0 Å². The Morgan fingerprint density at radius 2 is 2.10 bits per heavy atom. The molecule has 0 unspecified atom stereocenters. The smallest absolute Gasteiger partial charge is 0.313 e. The number of allylic oxidation sites excluding steroid dienone is 1. The minimum Gasteiger partial charge on any atom is -0.479 e. The van der Waals surface area contributed by atoms with Crippen LogP contribution in [0.5, 0.6) is 6.01 Å². The van der Waals surface area contributed by atoms with Crippen molar-refractivity contribution in [3.8, 4) is 6.01 Å². The predicted octanol–water partition coefficient (Wildman–Crippen LogP) is 0.911. The highest BCUT2D eigenvalue weighted by Crippen LogP contribution is 2.00. The average Bonchev–Trinajstić information content (AvgIpc) is 1.95. The Balaban J connectivity index is 2.78. The second-order valence-corrected chi connectivity index (χ2v) is 1.88. The molecule has 3 heteroatoms. The Bertz CT molecular complexity index is 218. The summed E-state index contributed by atoms with van der Waals surface area (Å²) in [4.78, 5) is 7.19. The first-order chi connectivity index (χ1) is 4.83. The minimum atomic E-state index is -0.187. The molecule has 0 aliphatic rings. The maximum absolute atomic E-state index is 8.68. The lowest BCUT2D eigenvalue weighted by atomic mass is 10.2. The van der Waals surface area contributed by atoms with E-state index >= 15 is 0 Å². The number of nitrogens with zero attached hydrogens (tertiary/aromatic N) is 2. The maximum Gasteiger partial charge on any atom is 0.313 e. The van der Waals surface area contributed by atoms with E-state index in [9.17, 15) is 0 Å². The van der Waals surface area contributed by atoms with Gasteiger partial charge < -0.3 is 5.11 Å². The van der Waals surface area contributed by atoms with Crippen molar-refractivity contribution in [1.29, 1.82) is 0 Å². The van der Waals surface area contributed by atoms with Crippen LogP contribution >= 0.6 is 0 Å². The zero-order valence-electron chi connectivity index (χ0n) is 5.49. The van der Waals surface area contributed by atoms with Gasteiger partial charge in [-0.25, -0.2) is 9.97 Å². The van der Waals surface area contributed by atoms with Crippen LogP contribution in [-0.2, 0) is 6.42 Å². The van der Waals surface area contributed by atoms with Crippen molar-refractivity contribution < 1.29 is 5.11 Å². The van der Waals surface area contributed by atoms with E-state index in [4.69, 9.17) is 5.11 Å². The van der Waals surface area contributed by atoms with Gasteiger partial charge in [-0.05, 0) is 12.0 Å². The lowest BCUT2D eigenvalue weighted by molar-refractivity contribution is 0.429. The third-order valence-electron chi connectivity index (χ3n) is 1.07. The molecule has 0 aliphatic carbocycles. The molecule has 0 aliphatic heterocycles. The molecule has 3 nitrogen and oxygen atoms in total. The Morgan fingerprint density at radius 1 is 1.50 bits per heavy atom. The van der Waals surface area contributed by atoms with Gasteiger partial charge in [-0.2, -0.15) is 0 Å². The third-order valence-corrected chi connectivity index (χ3v) is 1.07. The van der Waals surface area contributed by atoms with Crippen molar-refractivity contribution in [1.82, 2.24) is 9.97 Å². The molecule has 1 rings (SSSR count). The van der Waals surface area contributed by atoms with Crippen molar-refractivity contribution in [2.45, 2.75) is 6.42 Å². The number of aromatic hydroxyl groups is 1. The molecular weight excluding hydrogens is 128 g/mol. The van der Waals surface area contributed by atoms with Gasteiger partial charge >= 0.3 is 6.01 Å². The summed E-state index contributed by atoms with van der Waals surface area (Å²) in [5, 5.41) is 8.68. The molecule has 0 bridgehead atoms. The molecule has 0 atom stereocenters. The van der Waals surface area contributed by atoms with Crippen LogP contribution in [0.1, 0.15) is 5.56 Å². The van der Waals surface area contributed by atoms with Gasteiger partial charge in [0.25, 0.3) is 0 Å². The van der Waals surface area contributed by atoms with E-state index in [1.165, 1.54) is 0 Å². The Hall–Kier alpha value is -1.38. The molecule has 0 radical (unpaired) electrons. The summed E-state index contributed by atoms with van der Waals surface area (Å²) < 4.78 is 0. The zero-order chi connectivity index (χ0) is 7.40. The van der Waals surface area contributed by atoms with Gasteiger partial charge in [-0.3, -0.25) is 0 Å². The maximum atomic E-state index is 8.68. The van der Waals surface area contributed by atoms with Crippen molar-refractivity contribution in [2.24, 2.45) is 0 Å². The van der Waals surface area contributed by atoms with Crippen LogP contribution in [0.4, 0.5) is 0 Å².